The van der Waals surface area contributed by atoms with Crippen molar-refractivity contribution in [3.63, 3.8) is 0 Å². The molecule has 2 saturated heterocycles. The maximum absolute atomic E-state index is 12.7. The average Bonchev–Trinajstić information content (AvgIpc) is 3.40. The van der Waals surface area contributed by atoms with Gasteiger partial charge in [-0.05, 0) is 48.2 Å². The molecule has 10 nitrogen and oxygen atoms in total. The summed E-state index contributed by atoms with van der Waals surface area (Å²) in [6.07, 6.45) is 2.53. The summed E-state index contributed by atoms with van der Waals surface area (Å²) < 4.78 is 19.9. The Labute approximate surface area is 255 Å². The second-order valence-corrected chi connectivity index (χ2v) is 11.3. The van der Waals surface area contributed by atoms with E-state index in [1.165, 1.54) is 6.08 Å². The number of carbonyl (C=O) groups excluding carboxylic acids is 1. The van der Waals surface area contributed by atoms with Crippen LogP contribution in [0.25, 0.3) is 11.0 Å². The van der Waals surface area contributed by atoms with Crippen LogP contribution in [0, 0.1) is 0 Å². The number of hydrogen-bond donors (Lipinski definition) is 3. The van der Waals surface area contributed by atoms with Crippen LogP contribution in [-0.4, -0.2) is 58.0 Å². The number of aliphatic hydroxyl groups is 1. The standard InChI is InChI=1S/C34H38N4O6/c1-2-19-42-34(41)35-26-13-11-25(12-14-26)32-43-28(20-31(44-32)24-9-7-23(22-39)8-10-24)21-37-17-15-27(16-18-37)38-30-6-4-3-5-29(30)36-33(38)40/h2-14,27-28,31-32,39H,1,15-22H2,(H,35,41)(H,36,40). The molecule has 1 amide bonds. The first kappa shape index (κ1) is 29.8. The van der Waals surface area contributed by atoms with Gasteiger partial charge in [0.15, 0.2) is 6.29 Å². The van der Waals surface area contributed by atoms with Crippen molar-refractivity contribution in [3.05, 3.63) is 113 Å². The van der Waals surface area contributed by atoms with E-state index in [0.717, 1.165) is 60.2 Å². The van der Waals surface area contributed by atoms with Gasteiger partial charge in [0.2, 0.25) is 0 Å². The highest BCUT2D eigenvalue weighted by atomic mass is 16.7. The number of aliphatic hydroxyl groups excluding tert-OH is 1. The number of anilines is 1. The molecule has 2 aliphatic heterocycles. The van der Waals surface area contributed by atoms with E-state index in [1.54, 1.807) is 12.1 Å². The van der Waals surface area contributed by atoms with Crippen molar-refractivity contribution in [1.29, 1.82) is 0 Å². The van der Waals surface area contributed by atoms with E-state index in [-0.39, 0.29) is 37.2 Å². The summed E-state index contributed by atoms with van der Waals surface area (Å²) in [5.41, 5.74) is 5.09. The van der Waals surface area contributed by atoms with Gasteiger partial charge in [0.25, 0.3) is 0 Å². The van der Waals surface area contributed by atoms with Crippen molar-refractivity contribution >= 4 is 22.8 Å². The Bertz CT molecular complexity index is 1620. The number of ether oxygens (including phenoxy) is 3. The largest absolute Gasteiger partial charge is 0.445 e. The summed E-state index contributed by atoms with van der Waals surface area (Å²) in [4.78, 5) is 30.1. The Hall–Kier alpha value is -4.22. The van der Waals surface area contributed by atoms with Gasteiger partial charge in [0.1, 0.15) is 6.61 Å². The lowest BCUT2D eigenvalue weighted by atomic mass is 9.98. The number of para-hydroxylation sites is 2. The molecule has 4 aromatic rings. The monoisotopic (exact) mass is 598 g/mol. The number of benzene rings is 3. The first-order valence-corrected chi connectivity index (χ1v) is 15.1. The summed E-state index contributed by atoms with van der Waals surface area (Å²) in [7, 11) is 0. The number of amides is 1. The number of imidazole rings is 1. The quantitative estimate of drug-likeness (QED) is 0.220. The number of hydrogen-bond acceptors (Lipinski definition) is 7. The SMILES string of the molecule is C=CCOC(=O)Nc1ccc(C2OC(CN3CCC(n4c(=O)[nH]c5ccccc54)CC3)CC(c3ccc(CO)cc3)O2)cc1. The number of aromatic amines is 1. The summed E-state index contributed by atoms with van der Waals surface area (Å²) >= 11 is 0. The number of rotatable bonds is 9. The molecule has 0 saturated carbocycles. The molecule has 3 heterocycles. The smallest absolute Gasteiger partial charge is 0.411 e. The lowest BCUT2D eigenvalue weighted by Gasteiger charge is -2.40. The molecule has 0 aliphatic carbocycles. The molecule has 6 rings (SSSR count). The van der Waals surface area contributed by atoms with Gasteiger partial charge < -0.3 is 29.2 Å². The Morgan fingerprint density at radius 1 is 1.02 bits per heavy atom. The van der Waals surface area contributed by atoms with Crippen molar-refractivity contribution in [2.24, 2.45) is 0 Å². The highest BCUT2D eigenvalue weighted by Crippen LogP contribution is 2.39. The van der Waals surface area contributed by atoms with Crippen molar-refractivity contribution in [3.8, 4) is 0 Å². The molecule has 44 heavy (non-hydrogen) atoms. The minimum atomic E-state index is -0.597. The first-order valence-electron chi connectivity index (χ1n) is 15.1. The zero-order valence-electron chi connectivity index (χ0n) is 24.6. The number of fused-ring (bicyclic) bond motifs is 1. The highest BCUT2D eigenvalue weighted by Gasteiger charge is 2.34. The molecule has 3 aromatic carbocycles. The molecule has 2 aliphatic rings. The van der Waals surface area contributed by atoms with Gasteiger partial charge in [-0.3, -0.25) is 9.88 Å². The van der Waals surface area contributed by atoms with Gasteiger partial charge in [0, 0.05) is 43.3 Å². The molecule has 2 fully saturated rings. The molecule has 0 bridgehead atoms. The lowest BCUT2D eigenvalue weighted by molar-refractivity contribution is -0.253. The first-order chi connectivity index (χ1) is 21.5. The maximum Gasteiger partial charge on any atom is 0.411 e. The normalized spacial score (nSPS) is 21.2. The second kappa shape index (κ2) is 13.6. The molecular formula is C34H38N4O6. The minimum Gasteiger partial charge on any atom is -0.445 e. The van der Waals surface area contributed by atoms with Crippen LogP contribution in [0.2, 0.25) is 0 Å². The lowest BCUT2D eigenvalue weighted by Crippen LogP contribution is -2.43. The van der Waals surface area contributed by atoms with E-state index in [2.05, 4.69) is 21.8 Å². The number of aromatic nitrogens is 2. The molecule has 3 N–H and O–H groups in total. The van der Waals surface area contributed by atoms with Crippen molar-refractivity contribution in [2.45, 2.75) is 50.4 Å². The molecular weight excluding hydrogens is 560 g/mol. The third-order valence-electron chi connectivity index (χ3n) is 8.38. The Balaban J connectivity index is 1.14. The van der Waals surface area contributed by atoms with Crippen molar-refractivity contribution in [2.75, 3.05) is 31.6 Å². The molecule has 230 valence electrons. The van der Waals surface area contributed by atoms with Crippen LogP contribution in [0.1, 0.15) is 54.4 Å². The third-order valence-corrected chi connectivity index (χ3v) is 8.38. The number of H-pyrrole nitrogens is 1. The topological polar surface area (TPSA) is 118 Å². The third kappa shape index (κ3) is 6.79. The molecule has 0 spiro atoms. The number of nitrogens with one attached hydrogen (secondary N) is 2. The van der Waals surface area contributed by atoms with Gasteiger partial charge in [-0.25, -0.2) is 9.59 Å². The molecule has 3 atom stereocenters. The van der Waals surface area contributed by atoms with Crippen LogP contribution in [0.5, 0.6) is 0 Å². The van der Waals surface area contributed by atoms with Crippen LogP contribution < -0.4 is 11.0 Å². The van der Waals surface area contributed by atoms with Gasteiger partial charge in [-0.15, -0.1) is 0 Å². The predicted octanol–water partition coefficient (Wildman–Crippen LogP) is 5.44. The molecule has 3 unspecified atom stereocenters. The van der Waals surface area contributed by atoms with Crippen molar-refractivity contribution < 1.29 is 24.1 Å². The highest BCUT2D eigenvalue weighted by molar-refractivity contribution is 5.84. The predicted molar refractivity (Wildman–Crippen MR) is 167 cm³/mol. The fourth-order valence-electron chi connectivity index (χ4n) is 6.13. The molecule has 0 radical (unpaired) electrons. The Kier molecular flexibility index (Phi) is 9.23. The van der Waals surface area contributed by atoms with Crippen LogP contribution >= 0.6 is 0 Å². The minimum absolute atomic E-state index is 0.0116. The Morgan fingerprint density at radius 3 is 2.48 bits per heavy atom. The van der Waals surface area contributed by atoms with Gasteiger partial charge in [-0.2, -0.15) is 0 Å². The summed E-state index contributed by atoms with van der Waals surface area (Å²) in [6, 6.07) is 23.2. The van der Waals surface area contributed by atoms with E-state index < -0.39 is 12.4 Å². The van der Waals surface area contributed by atoms with E-state index in [4.69, 9.17) is 14.2 Å². The maximum atomic E-state index is 12.7. The number of piperidine rings is 1. The van der Waals surface area contributed by atoms with E-state index in [9.17, 15) is 14.7 Å². The van der Waals surface area contributed by atoms with E-state index in [1.807, 2.05) is 65.2 Å². The zero-order valence-corrected chi connectivity index (χ0v) is 24.6. The van der Waals surface area contributed by atoms with E-state index >= 15 is 0 Å². The Morgan fingerprint density at radius 2 is 1.75 bits per heavy atom. The average molecular weight is 599 g/mol. The van der Waals surface area contributed by atoms with Gasteiger partial charge in [-0.1, -0.05) is 61.2 Å². The summed E-state index contributed by atoms with van der Waals surface area (Å²) in [5.74, 6) is 0. The van der Waals surface area contributed by atoms with Crippen molar-refractivity contribution in [1.82, 2.24) is 14.5 Å². The van der Waals surface area contributed by atoms with Gasteiger partial charge in [0.05, 0.1) is 29.8 Å². The number of carbonyl (C=O) groups is 1. The van der Waals surface area contributed by atoms with Crippen LogP contribution in [-0.2, 0) is 20.8 Å². The van der Waals surface area contributed by atoms with Crippen LogP contribution in [0.3, 0.4) is 0 Å². The van der Waals surface area contributed by atoms with E-state index in [0.29, 0.717) is 12.1 Å². The summed E-state index contributed by atoms with van der Waals surface area (Å²) in [6.45, 7) is 6.14. The second-order valence-electron chi connectivity index (χ2n) is 11.3. The molecule has 10 heteroatoms. The zero-order chi connectivity index (χ0) is 30.5. The summed E-state index contributed by atoms with van der Waals surface area (Å²) in [5, 5.41) is 12.2. The van der Waals surface area contributed by atoms with Crippen LogP contribution in [0.15, 0.2) is 90.2 Å². The van der Waals surface area contributed by atoms with Gasteiger partial charge >= 0.3 is 11.8 Å². The fourth-order valence-corrected chi connectivity index (χ4v) is 6.13. The number of nitrogens with zero attached hydrogens (tertiary/aromatic N) is 2. The molecule has 1 aromatic heterocycles. The van der Waals surface area contributed by atoms with Crippen LogP contribution in [0.4, 0.5) is 10.5 Å². The fraction of sp³-hybridized carbons (Fsp3) is 0.353. The number of likely N-dealkylation sites (tertiary alicyclic amines) is 1.